The Hall–Kier alpha value is -1.89. The number of nitrogens with zero attached hydrogens (tertiary/aromatic N) is 1. The van der Waals surface area contributed by atoms with Crippen LogP contribution >= 0.6 is 0 Å². The lowest BCUT2D eigenvalue weighted by atomic mass is 10.1. The average molecular weight is 366 g/mol. The second-order valence-corrected chi connectivity index (χ2v) is 9.66. The molecular weight excluding hydrogens is 340 g/mol. The van der Waals surface area contributed by atoms with Crippen LogP contribution in [-0.4, -0.2) is 54.8 Å². The summed E-state index contributed by atoms with van der Waals surface area (Å²) < 4.78 is 23.4. The Morgan fingerprint density at radius 1 is 1.24 bits per heavy atom. The number of nitrogens with one attached hydrogen (secondary N) is 1. The minimum absolute atomic E-state index is 0.0107. The smallest absolute Gasteiger partial charge is 0.254 e. The second kappa shape index (κ2) is 7.15. The zero-order chi connectivity index (χ0) is 18.8. The minimum atomic E-state index is -3.07. The lowest BCUT2D eigenvalue weighted by Gasteiger charge is -2.27. The molecule has 6 nitrogen and oxygen atoms in total. The Bertz CT molecular complexity index is 766. The van der Waals surface area contributed by atoms with Crippen LogP contribution in [0.1, 0.15) is 54.8 Å². The van der Waals surface area contributed by atoms with Crippen LogP contribution in [0.2, 0.25) is 0 Å². The maximum atomic E-state index is 12.8. The van der Waals surface area contributed by atoms with Gasteiger partial charge in [0.05, 0.1) is 11.5 Å². The van der Waals surface area contributed by atoms with Crippen LogP contribution in [0.25, 0.3) is 0 Å². The molecular formula is C18H26N2O4S. The monoisotopic (exact) mass is 366 g/mol. The maximum absolute atomic E-state index is 12.8. The first-order chi connectivity index (χ1) is 11.5. The second-order valence-electron chi connectivity index (χ2n) is 7.43. The van der Waals surface area contributed by atoms with Gasteiger partial charge in [-0.1, -0.05) is 6.07 Å². The molecule has 1 heterocycles. The van der Waals surface area contributed by atoms with Gasteiger partial charge in [0.15, 0.2) is 9.84 Å². The number of carbonyl (C=O) groups excluding carboxylic acids is 2. The lowest BCUT2D eigenvalue weighted by molar-refractivity contribution is 0.0708. The first-order valence-electron chi connectivity index (χ1n) is 8.46. The fraction of sp³-hybridized carbons (Fsp3) is 0.556. The highest BCUT2D eigenvalue weighted by atomic mass is 32.2. The van der Waals surface area contributed by atoms with Gasteiger partial charge in [-0.15, -0.1) is 0 Å². The maximum Gasteiger partial charge on any atom is 0.254 e. The number of benzene rings is 1. The van der Waals surface area contributed by atoms with Crippen LogP contribution < -0.4 is 5.32 Å². The van der Waals surface area contributed by atoms with Crippen LogP contribution in [0.5, 0.6) is 0 Å². The van der Waals surface area contributed by atoms with Gasteiger partial charge in [-0.2, -0.15) is 0 Å². The van der Waals surface area contributed by atoms with Gasteiger partial charge in [-0.3, -0.25) is 9.59 Å². The largest absolute Gasteiger partial charge is 0.347 e. The summed E-state index contributed by atoms with van der Waals surface area (Å²) >= 11 is 0. The lowest BCUT2D eigenvalue weighted by Crippen LogP contribution is -2.41. The van der Waals surface area contributed by atoms with E-state index in [4.69, 9.17) is 0 Å². The molecule has 0 radical (unpaired) electrons. The number of hydrogen-bond donors (Lipinski definition) is 1. The van der Waals surface area contributed by atoms with E-state index in [1.165, 1.54) is 0 Å². The van der Waals surface area contributed by atoms with E-state index in [9.17, 15) is 18.0 Å². The topological polar surface area (TPSA) is 83.6 Å². The van der Waals surface area contributed by atoms with Crippen LogP contribution in [0.3, 0.4) is 0 Å². The molecule has 1 aliphatic rings. The van der Waals surface area contributed by atoms with E-state index in [0.29, 0.717) is 24.1 Å². The van der Waals surface area contributed by atoms with Crippen molar-refractivity contribution in [3.05, 3.63) is 35.4 Å². The van der Waals surface area contributed by atoms with Crippen LogP contribution in [0.4, 0.5) is 0 Å². The first-order valence-corrected chi connectivity index (χ1v) is 10.3. The Morgan fingerprint density at radius 3 is 2.40 bits per heavy atom. The van der Waals surface area contributed by atoms with E-state index >= 15 is 0 Å². The molecule has 1 aromatic carbocycles. The number of rotatable bonds is 4. The van der Waals surface area contributed by atoms with Crippen molar-refractivity contribution in [2.45, 2.75) is 45.7 Å². The van der Waals surface area contributed by atoms with Crippen molar-refractivity contribution < 1.29 is 18.0 Å². The molecule has 1 saturated heterocycles. The SMILES string of the molecule is CCN(C(=O)c1cccc(C(=O)NC(C)(C)C)c1)C1CCS(=O)(=O)C1. The molecule has 138 valence electrons. The van der Waals surface area contributed by atoms with Gasteiger partial charge >= 0.3 is 0 Å². The molecule has 1 N–H and O–H groups in total. The van der Waals surface area contributed by atoms with Crippen LogP contribution in [0, 0.1) is 0 Å². The molecule has 25 heavy (non-hydrogen) atoms. The number of carbonyl (C=O) groups is 2. The number of hydrogen-bond acceptors (Lipinski definition) is 4. The van der Waals surface area contributed by atoms with Crippen molar-refractivity contribution in [3.8, 4) is 0 Å². The summed E-state index contributed by atoms with van der Waals surface area (Å²) in [5.74, 6) is -0.352. The summed E-state index contributed by atoms with van der Waals surface area (Å²) in [5, 5.41) is 2.87. The quantitative estimate of drug-likeness (QED) is 0.882. The highest BCUT2D eigenvalue weighted by Crippen LogP contribution is 2.20. The third-order valence-corrected chi connectivity index (χ3v) is 5.86. The molecule has 1 aliphatic heterocycles. The van der Waals surface area contributed by atoms with Crippen molar-refractivity contribution >= 4 is 21.7 Å². The van der Waals surface area contributed by atoms with Crippen molar-refractivity contribution in [3.63, 3.8) is 0 Å². The predicted molar refractivity (Wildman–Crippen MR) is 97.4 cm³/mol. The van der Waals surface area contributed by atoms with E-state index in [0.717, 1.165) is 0 Å². The van der Waals surface area contributed by atoms with Gasteiger partial charge in [0.25, 0.3) is 11.8 Å². The zero-order valence-electron chi connectivity index (χ0n) is 15.2. The third kappa shape index (κ3) is 5.04. The third-order valence-electron chi connectivity index (χ3n) is 4.11. The Morgan fingerprint density at radius 2 is 1.88 bits per heavy atom. The minimum Gasteiger partial charge on any atom is -0.347 e. The Balaban J connectivity index is 2.21. The highest BCUT2D eigenvalue weighted by Gasteiger charge is 2.34. The van der Waals surface area contributed by atoms with Crippen molar-refractivity contribution in [1.29, 1.82) is 0 Å². The summed E-state index contributed by atoms with van der Waals surface area (Å²) in [5.41, 5.74) is 0.439. The van der Waals surface area contributed by atoms with Crippen LogP contribution in [-0.2, 0) is 9.84 Å². The predicted octanol–water partition coefficient (Wildman–Crippen LogP) is 1.86. The van der Waals surface area contributed by atoms with Gasteiger partial charge < -0.3 is 10.2 Å². The molecule has 7 heteroatoms. The standard InChI is InChI=1S/C18H26N2O4S/c1-5-20(15-9-10-25(23,24)12-15)17(22)14-8-6-7-13(11-14)16(21)19-18(2,3)4/h6-8,11,15H,5,9-10,12H2,1-4H3,(H,19,21). The fourth-order valence-corrected chi connectivity index (χ4v) is 4.69. The van der Waals surface area contributed by atoms with Crippen LogP contribution in [0.15, 0.2) is 24.3 Å². The Labute approximate surface area is 149 Å². The Kier molecular flexibility index (Phi) is 5.56. The molecule has 0 saturated carbocycles. The van der Waals surface area contributed by atoms with Crippen molar-refractivity contribution in [2.75, 3.05) is 18.1 Å². The molecule has 0 aliphatic carbocycles. The normalized spacial score (nSPS) is 19.4. The molecule has 1 fully saturated rings. The summed E-state index contributed by atoms with van der Waals surface area (Å²) in [7, 11) is -3.07. The molecule has 0 bridgehead atoms. The average Bonchev–Trinajstić information content (AvgIpc) is 2.86. The molecule has 0 spiro atoms. The van der Waals surface area contributed by atoms with E-state index in [-0.39, 0.29) is 34.9 Å². The molecule has 2 amide bonds. The van der Waals surface area contributed by atoms with Gasteiger partial charge in [-0.25, -0.2) is 8.42 Å². The van der Waals surface area contributed by atoms with Gasteiger partial charge in [0.1, 0.15) is 0 Å². The molecule has 1 aromatic rings. The van der Waals surface area contributed by atoms with E-state index in [2.05, 4.69) is 5.32 Å². The summed E-state index contributed by atoms with van der Waals surface area (Å²) in [6.45, 7) is 7.92. The van der Waals surface area contributed by atoms with Gasteiger partial charge in [0, 0.05) is 29.3 Å². The summed E-state index contributed by atoms with van der Waals surface area (Å²) in [6.07, 6.45) is 0.464. The number of sulfone groups is 1. The van der Waals surface area contributed by atoms with E-state index in [1.807, 2.05) is 27.7 Å². The van der Waals surface area contributed by atoms with Gasteiger partial charge in [-0.05, 0) is 52.3 Å². The molecule has 1 atom stereocenters. The summed E-state index contributed by atoms with van der Waals surface area (Å²) in [4.78, 5) is 26.7. The molecule has 0 aromatic heterocycles. The van der Waals surface area contributed by atoms with E-state index < -0.39 is 9.84 Å². The van der Waals surface area contributed by atoms with Gasteiger partial charge in [0.2, 0.25) is 0 Å². The summed E-state index contributed by atoms with van der Waals surface area (Å²) in [6, 6.07) is 6.25. The fourth-order valence-electron chi connectivity index (χ4n) is 2.96. The number of amides is 2. The zero-order valence-corrected chi connectivity index (χ0v) is 16.0. The van der Waals surface area contributed by atoms with Crippen molar-refractivity contribution in [2.24, 2.45) is 0 Å². The van der Waals surface area contributed by atoms with Crippen molar-refractivity contribution in [1.82, 2.24) is 10.2 Å². The highest BCUT2D eigenvalue weighted by molar-refractivity contribution is 7.91. The first kappa shape index (κ1) is 19.4. The molecule has 1 unspecified atom stereocenters. The molecule has 2 rings (SSSR count). The van der Waals surface area contributed by atoms with E-state index in [1.54, 1.807) is 29.2 Å².